The molecule has 0 bridgehead atoms. The average molecular weight is 291 g/mol. The second kappa shape index (κ2) is 7.31. The summed E-state index contributed by atoms with van der Waals surface area (Å²) in [4.78, 5) is 16.5. The normalized spacial score (nSPS) is 16.7. The number of rotatable bonds is 5. The SMILES string of the molecule is CNCC(C)C(=O)N1CCN(c2ccccc2OC)CC1. The molecule has 1 aromatic carbocycles. The number of hydrogen-bond donors (Lipinski definition) is 1. The molecule has 1 N–H and O–H groups in total. The van der Waals surface area contributed by atoms with Gasteiger partial charge in [-0.25, -0.2) is 0 Å². The summed E-state index contributed by atoms with van der Waals surface area (Å²) in [7, 11) is 3.57. The maximum absolute atomic E-state index is 12.3. The number of hydrogen-bond acceptors (Lipinski definition) is 4. The Hall–Kier alpha value is -1.75. The summed E-state index contributed by atoms with van der Waals surface area (Å²) in [6.45, 7) is 5.93. The molecule has 0 spiro atoms. The van der Waals surface area contributed by atoms with Crippen LogP contribution in [-0.2, 0) is 4.79 Å². The zero-order chi connectivity index (χ0) is 15.2. The Morgan fingerprint density at radius 1 is 1.29 bits per heavy atom. The monoisotopic (exact) mass is 291 g/mol. The first-order valence-corrected chi connectivity index (χ1v) is 7.48. The van der Waals surface area contributed by atoms with Crippen LogP contribution < -0.4 is 15.0 Å². The van der Waals surface area contributed by atoms with Crippen molar-refractivity contribution in [2.24, 2.45) is 5.92 Å². The third-order valence-corrected chi connectivity index (χ3v) is 3.95. The minimum absolute atomic E-state index is 0.0350. The molecule has 0 saturated carbocycles. The minimum Gasteiger partial charge on any atom is -0.495 e. The van der Waals surface area contributed by atoms with Gasteiger partial charge >= 0.3 is 0 Å². The fourth-order valence-electron chi connectivity index (χ4n) is 2.76. The van der Waals surface area contributed by atoms with Crippen molar-refractivity contribution in [1.82, 2.24) is 10.2 Å². The zero-order valence-corrected chi connectivity index (χ0v) is 13.1. The molecular weight excluding hydrogens is 266 g/mol. The number of amides is 1. The molecule has 2 rings (SSSR count). The largest absolute Gasteiger partial charge is 0.495 e. The van der Waals surface area contributed by atoms with Gasteiger partial charge in [0.05, 0.1) is 12.8 Å². The van der Waals surface area contributed by atoms with Gasteiger partial charge in [0.1, 0.15) is 5.75 Å². The molecular formula is C16H25N3O2. The number of methoxy groups -OCH3 is 1. The van der Waals surface area contributed by atoms with Gasteiger partial charge in [-0.15, -0.1) is 0 Å². The van der Waals surface area contributed by atoms with Crippen LogP contribution in [-0.4, -0.2) is 57.7 Å². The van der Waals surface area contributed by atoms with E-state index in [0.29, 0.717) is 0 Å². The van der Waals surface area contributed by atoms with Crippen LogP contribution in [0.4, 0.5) is 5.69 Å². The summed E-state index contributed by atoms with van der Waals surface area (Å²) in [6, 6.07) is 8.04. The van der Waals surface area contributed by atoms with Crippen LogP contribution in [0, 0.1) is 5.92 Å². The first-order valence-electron chi connectivity index (χ1n) is 7.48. The van der Waals surface area contributed by atoms with Gasteiger partial charge in [0.15, 0.2) is 0 Å². The number of carbonyl (C=O) groups is 1. The van der Waals surface area contributed by atoms with E-state index in [0.717, 1.165) is 44.2 Å². The summed E-state index contributed by atoms with van der Waals surface area (Å²) in [5, 5.41) is 3.06. The Bertz CT molecular complexity index is 470. The Kier molecular flexibility index (Phi) is 5.44. The third kappa shape index (κ3) is 3.67. The number of nitrogens with one attached hydrogen (secondary N) is 1. The van der Waals surface area contributed by atoms with Gasteiger partial charge in [0, 0.05) is 38.6 Å². The van der Waals surface area contributed by atoms with Crippen LogP contribution >= 0.6 is 0 Å². The van der Waals surface area contributed by atoms with Crippen molar-refractivity contribution >= 4 is 11.6 Å². The van der Waals surface area contributed by atoms with Gasteiger partial charge in [-0.05, 0) is 19.2 Å². The molecule has 0 aromatic heterocycles. The van der Waals surface area contributed by atoms with Crippen LogP contribution in [0.3, 0.4) is 0 Å². The smallest absolute Gasteiger partial charge is 0.226 e. The number of para-hydroxylation sites is 2. The molecule has 1 atom stereocenters. The standard InChI is InChI=1S/C16H25N3O2/c1-13(12-17-2)16(20)19-10-8-18(9-11-19)14-6-4-5-7-15(14)21-3/h4-7,13,17H,8-12H2,1-3H3. The number of carbonyl (C=O) groups excluding carboxylic acids is 1. The number of anilines is 1. The molecule has 1 saturated heterocycles. The van der Waals surface area contributed by atoms with E-state index in [1.54, 1.807) is 7.11 Å². The van der Waals surface area contributed by atoms with Gasteiger partial charge in [-0.3, -0.25) is 4.79 Å². The lowest BCUT2D eigenvalue weighted by molar-refractivity contribution is -0.135. The second-order valence-corrected chi connectivity index (χ2v) is 5.44. The van der Waals surface area contributed by atoms with Gasteiger partial charge < -0.3 is 19.9 Å². The van der Waals surface area contributed by atoms with Crippen LogP contribution in [0.2, 0.25) is 0 Å². The quantitative estimate of drug-likeness (QED) is 0.885. The van der Waals surface area contributed by atoms with Crippen molar-refractivity contribution in [2.45, 2.75) is 6.92 Å². The molecule has 1 unspecified atom stereocenters. The molecule has 1 aliphatic heterocycles. The Morgan fingerprint density at radius 2 is 1.95 bits per heavy atom. The summed E-state index contributed by atoms with van der Waals surface area (Å²) in [5.74, 6) is 1.16. The molecule has 5 nitrogen and oxygen atoms in total. The Morgan fingerprint density at radius 3 is 2.57 bits per heavy atom. The highest BCUT2D eigenvalue weighted by molar-refractivity contribution is 5.79. The minimum atomic E-state index is 0.0350. The molecule has 0 radical (unpaired) electrons. The maximum atomic E-state index is 12.3. The van der Waals surface area contributed by atoms with Crippen LogP contribution in [0.5, 0.6) is 5.75 Å². The summed E-state index contributed by atoms with van der Waals surface area (Å²) < 4.78 is 5.41. The zero-order valence-electron chi connectivity index (χ0n) is 13.1. The van der Waals surface area contributed by atoms with Crippen LogP contribution in [0.15, 0.2) is 24.3 Å². The first kappa shape index (κ1) is 15.6. The van der Waals surface area contributed by atoms with E-state index in [1.807, 2.05) is 37.1 Å². The van der Waals surface area contributed by atoms with E-state index < -0.39 is 0 Å². The van der Waals surface area contributed by atoms with Crippen LogP contribution in [0.25, 0.3) is 0 Å². The van der Waals surface area contributed by atoms with Crippen molar-refractivity contribution in [3.05, 3.63) is 24.3 Å². The summed E-state index contributed by atoms with van der Waals surface area (Å²) in [5.41, 5.74) is 1.11. The number of benzene rings is 1. The highest BCUT2D eigenvalue weighted by atomic mass is 16.5. The Labute approximate surface area is 126 Å². The molecule has 116 valence electrons. The molecule has 1 fully saturated rings. The highest BCUT2D eigenvalue weighted by Gasteiger charge is 2.25. The van der Waals surface area contributed by atoms with Gasteiger partial charge in [0.2, 0.25) is 5.91 Å². The lowest BCUT2D eigenvalue weighted by Gasteiger charge is -2.37. The van der Waals surface area contributed by atoms with E-state index >= 15 is 0 Å². The average Bonchev–Trinajstić information content (AvgIpc) is 2.54. The molecule has 5 heteroatoms. The van der Waals surface area contributed by atoms with Crippen molar-refractivity contribution in [3.63, 3.8) is 0 Å². The first-order chi connectivity index (χ1) is 10.2. The summed E-state index contributed by atoms with van der Waals surface area (Å²) in [6.07, 6.45) is 0. The molecule has 21 heavy (non-hydrogen) atoms. The topological polar surface area (TPSA) is 44.8 Å². The van der Waals surface area contributed by atoms with E-state index in [9.17, 15) is 4.79 Å². The third-order valence-electron chi connectivity index (χ3n) is 3.95. The molecule has 1 heterocycles. The van der Waals surface area contributed by atoms with Gasteiger partial charge in [-0.2, -0.15) is 0 Å². The molecule has 1 aromatic rings. The molecule has 0 aliphatic carbocycles. The van der Waals surface area contributed by atoms with Crippen molar-refractivity contribution < 1.29 is 9.53 Å². The Balaban J connectivity index is 1.95. The van der Waals surface area contributed by atoms with Crippen molar-refractivity contribution in [1.29, 1.82) is 0 Å². The lowest BCUT2D eigenvalue weighted by atomic mass is 10.1. The molecule has 1 aliphatic rings. The fraction of sp³-hybridized carbons (Fsp3) is 0.562. The van der Waals surface area contributed by atoms with Crippen molar-refractivity contribution in [3.8, 4) is 5.75 Å². The van der Waals surface area contributed by atoms with E-state index in [4.69, 9.17) is 4.74 Å². The van der Waals surface area contributed by atoms with Gasteiger partial charge in [-0.1, -0.05) is 19.1 Å². The van der Waals surface area contributed by atoms with E-state index in [-0.39, 0.29) is 11.8 Å². The highest BCUT2D eigenvalue weighted by Crippen LogP contribution is 2.28. The van der Waals surface area contributed by atoms with Crippen LogP contribution in [0.1, 0.15) is 6.92 Å². The number of piperazine rings is 1. The molecule has 1 amide bonds. The predicted molar refractivity (Wildman–Crippen MR) is 84.9 cm³/mol. The number of ether oxygens (including phenoxy) is 1. The second-order valence-electron chi connectivity index (χ2n) is 5.44. The van der Waals surface area contributed by atoms with E-state index in [1.165, 1.54) is 0 Å². The lowest BCUT2D eigenvalue weighted by Crippen LogP contribution is -2.51. The summed E-state index contributed by atoms with van der Waals surface area (Å²) >= 11 is 0. The number of nitrogens with zero attached hydrogens (tertiary/aromatic N) is 2. The fourth-order valence-corrected chi connectivity index (χ4v) is 2.76. The maximum Gasteiger partial charge on any atom is 0.226 e. The van der Waals surface area contributed by atoms with Crippen molar-refractivity contribution in [2.75, 3.05) is 51.8 Å². The predicted octanol–water partition coefficient (Wildman–Crippen LogP) is 1.20. The van der Waals surface area contributed by atoms with Gasteiger partial charge in [0.25, 0.3) is 0 Å². The van der Waals surface area contributed by atoms with E-state index in [2.05, 4.69) is 16.3 Å².